The lowest BCUT2D eigenvalue weighted by Gasteiger charge is -2.16. The molecule has 5 nitrogen and oxygen atoms in total. The fourth-order valence-corrected chi connectivity index (χ4v) is 4.92. The van der Waals surface area contributed by atoms with Gasteiger partial charge in [-0.05, 0) is 48.8 Å². The van der Waals surface area contributed by atoms with Crippen LogP contribution in [0.3, 0.4) is 0 Å². The number of anilines is 1. The zero-order valence-electron chi connectivity index (χ0n) is 15.5. The lowest BCUT2D eigenvalue weighted by atomic mass is 10.0. The van der Waals surface area contributed by atoms with Crippen LogP contribution in [0.25, 0.3) is 11.0 Å². The van der Waals surface area contributed by atoms with E-state index in [1.54, 1.807) is 6.33 Å². The summed E-state index contributed by atoms with van der Waals surface area (Å²) < 4.78 is 2.24. The van der Waals surface area contributed by atoms with Crippen molar-refractivity contribution in [2.24, 2.45) is 11.8 Å². The van der Waals surface area contributed by atoms with Gasteiger partial charge in [-0.1, -0.05) is 31.2 Å². The molecule has 1 N–H and O–H groups in total. The second-order valence-corrected chi connectivity index (χ2v) is 8.02. The summed E-state index contributed by atoms with van der Waals surface area (Å²) in [6.07, 6.45) is 9.00. The van der Waals surface area contributed by atoms with Crippen molar-refractivity contribution in [1.82, 2.24) is 14.5 Å². The number of nitrogens with zero attached hydrogens (tertiary/aromatic N) is 3. The number of carbonyl (C=O) groups is 1. The standard InChI is InChI=1S/C22H24N4O/c1-14-10-17(11-16(14)12-27)26-9-8-19-21(23-13-24-22(19)26)25-20-7-6-15-4-2-3-5-18(15)20/h2-5,8-9,12-14,16-17,20H,6-7,10-11H2,1H3,(H,23,24,25)/t14-,16-,17-,20-/m0/s1. The van der Waals surface area contributed by atoms with E-state index < -0.39 is 0 Å². The molecule has 5 rings (SSSR count). The van der Waals surface area contributed by atoms with Crippen LogP contribution in [-0.2, 0) is 11.2 Å². The second kappa shape index (κ2) is 6.48. The summed E-state index contributed by atoms with van der Waals surface area (Å²) in [7, 11) is 0. The Hall–Kier alpha value is -2.69. The van der Waals surface area contributed by atoms with Crippen LogP contribution < -0.4 is 5.32 Å². The number of hydrogen-bond donors (Lipinski definition) is 1. The minimum absolute atomic E-state index is 0.155. The van der Waals surface area contributed by atoms with E-state index in [0.29, 0.717) is 18.0 Å². The quantitative estimate of drug-likeness (QED) is 0.704. The Kier molecular flexibility index (Phi) is 3.96. The number of hydrogen-bond acceptors (Lipinski definition) is 4. The van der Waals surface area contributed by atoms with E-state index in [9.17, 15) is 4.79 Å². The maximum absolute atomic E-state index is 11.3. The fourth-order valence-electron chi connectivity index (χ4n) is 4.92. The number of fused-ring (bicyclic) bond motifs is 2. The monoisotopic (exact) mass is 360 g/mol. The number of aryl methyl sites for hydroxylation is 1. The third-order valence-corrected chi connectivity index (χ3v) is 6.44. The molecule has 0 spiro atoms. The Labute approximate surface area is 158 Å². The fraction of sp³-hybridized carbons (Fsp3) is 0.409. The number of aldehydes is 1. The van der Waals surface area contributed by atoms with Gasteiger partial charge in [0.15, 0.2) is 0 Å². The molecule has 0 unspecified atom stereocenters. The minimum Gasteiger partial charge on any atom is -0.363 e. The SMILES string of the molecule is C[C@H]1C[C@H](n2ccc3c(N[C@H]4CCc5ccccc54)ncnc32)C[C@H]1C=O. The van der Waals surface area contributed by atoms with Crippen LogP contribution in [0.15, 0.2) is 42.9 Å². The molecule has 0 saturated heterocycles. The maximum Gasteiger partial charge on any atom is 0.145 e. The van der Waals surface area contributed by atoms with Crippen molar-refractivity contribution in [3.8, 4) is 0 Å². The number of carbonyl (C=O) groups excluding carboxylic acids is 1. The van der Waals surface area contributed by atoms with Gasteiger partial charge in [-0.2, -0.15) is 0 Å². The Balaban J connectivity index is 1.46. The molecule has 27 heavy (non-hydrogen) atoms. The summed E-state index contributed by atoms with van der Waals surface area (Å²) in [6.45, 7) is 2.17. The van der Waals surface area contributed by atoms with Crippen molar-refractivity contribution < 1.29 is 4.79 Å². The van der Waals surface area contributed by atoms with Crippen molar-refractivity contribution in [2.75, 3.05) is 5.32 Å². The molecule has 2 aliphatic carbocycles. The van der Waals surface area contributed by atoms with E-state index in [0.717, 1.165) is 48.8 Å². The second-order valence-electron chi connectivity index (χ2n) is 8.02. The number of aromatic nitrogens is 3. The van der Waals surface area contributed by atoms with Crippen molar-refractivity contribution in [3.63, 3.8) is 0 Å². The first-order valence-electron chi connectivity index (χ1n) is 9.85. The molecule has 4 atom stereocenters. The van der Waals surface area contributed by atoms with Crippen LogP contribution in [0.5, 0.6) is 0 Å². The molecule has 1 aromatic carbocycles. The normalized spacial score (nSPS) is 27.0. The third kappa shape index (κ3) is 2.73. The lowest BCUT2D eigenvalue weighted by Crippen LogP contribution is -2.10. The first-order valence-corrected chi connectivity index (χ1v) is 9.85. The number of benzene rings is 1. The van der Waals surface area contributed by atoms with Gasteiger partial charge in [0.1, 0.15) is 24.1 Å². The lowest BCUT2D eigenvalue weighted by molar-refractivity contribution is -0.111. The van der Waals surface area contributed by atoms with Gasteiger partial charge in [0, 0.05) is 18.2 Å². The highest BCUT2D eigenvalue weighted by atomic mass is 16.1. The third-order valence-electron chi connectivity index (χ3n) is 6.44. The molecule has 3 aromatic rings. The van der Waals surface area contributed by atoms with Gasteiger partial charge in [0.05, 0.1) is 11.4 Å². The van der Waals surface area contributed by atoms with Crippen LogP contribution >= 0.6 is 0 Å². The highest BCUT2D eigenvalue weighted by molar-refractivity contribution is 5.87. The summed E-state index contributed by atoms with van der Waals surface area (Å²) >= 11 is 0. The molecule has 0 radical (unpaired) electrons. The summed E-state index contributed by atoms with van der Waals surface area (Å²) in [5.41, 5.74) is 3.77. The Morgan fingerprint density at radius 1 is 1.19 bits per heavy atom. The largest absolute Gasteiger partial charge is 0.363 e. The summed E-state index contributed by atoms with van der Waals surface area (Å²) in [6, 6.07) is 11.4. The molecule has 2 heterocycles. The predicted molar refractivity (Wildman–Crippen MR) is 106 cm³/mol. The van der Waals surface area contributed by atoms with Gasteiger partial charge in [0.2, 0.25) is 0 Å². The Morgan fingerprint density at radius 2 is 2.07 bits per heavy atom. The van der Waals surface area contributed by atoms with Gasteiger partial charge in [-0.15, -0.1) is 0 Å². The van der Waals surface area contributed by atoms with Gasteiger partial charge >= 0.3 is 0 Å². The van der Waals surface area contributed by atoms with E-state index in [4.69, 9.17) is 0 Å². The summed E-state index contributed by atoms with van der Waals surface area (Å²) in [5.74, 6) is 1.49. The molecule has 1 saturated carbocycles. The van der Waals surface area contributed by atoms with Crippen molar-refractivity contribution in [3.05, 3.63) is 54.0 Å². The molecule has 0 bridgehead atoms. The highest BCUT2D eigenvalue weighted by Gasteiger charge is 2.33. The van der Waals surface area contributed by atoms with Gasteiger partial charge in [-0.25, -0.2) is 9.97 Å². The van der Waals surface area contributed by atoms with Gasteiger partial charge in [0.25, 0.3) is 0 Å². The van der Waals surface area contributed by atoms with Crippen molar-refractivity contribution >= 4 is 23.1 Å². The van der Waals surface area contributed by atoms with Gasteiger partial charge < -0.3 is 14.7 Å². The molecule has 5 heteroatoms. The van der Waals surface area contributed by atoms with E-state index in [1.807, 2.05) is 0 Å². The number of rotatable bonds is 4. The average molecular weight is 360 g/mol. The first kappa shape index (κ1) is 16.5. The smallest absolute Gasteiger partial charge is 0.145 e. The zero-order valence-corrected chi connectivity index (χ0v) is 15.5. The van der Waals surface area contributed by atoms with E-state index in [1.165, 1.54) is 11.1 Å². The molecule has 138 valence electrons. The first-order chi connectivity index (χ1) is 13.2. The molecular formula is C22H24N4O. The van der Waals surface area contributed by atoms with E-state index in [2.05, 4.69) is 63.3 Å². The summed E-state index contributed by atoms with van der Waals surface area (Å²) in [4.78, 5) is 20.4. The van der Waals surface area contributed by atoms with E-state index in [-0.39, 0.29) is 5.92 Å². The molecule has 2 aromatic heterocycles. The maximum atomic E-state index is 11.3. The average Bonchev–Trinajstić information content (AvgIpc) is 3.39. The molecule has 1 fully saturated rings. The molecule has 2 aliphatic rings. The van der Waals surface area contributed by atoms with Crippen LogP contribution in [0, 0.1) is 11.8 Å². The van der Waals surface area contributed by atoms with Crippen LogP contribution in [0.1, 0.15) is 49.4 Å². The highest BCUT2D eigenvalue weighted by Crippen LogP contribution is 2.40. The van der Waals surface area contributed by atoms with Crippen LogP contribution in [0.2, 0.25) is 0 Å². The Morgan fingerprint density at radius 3 is 2.93 bits per heavy atom. The molecular weight excluding hydrogens is 336 g/mol. The number of nitrogens with one attached hydrogen (secondary N) is 1. The molecule has 0 aliphatic heterocycles. The van der Waals surface area contributed by atoms with Crippen LogP contribution in [-0.4, -0.2) is 20.8 Å². The van der Waals surface area contributed by atoms with E-state index >= 15 is 0 Å². The van der Waals surface area contributed by atoms with Crippen molar-refractivity contribution in [1.29, 1.82) is 0 Å². The Bertz CT molecular complexity index is 995. The summed E-state index contributed by atoms with van der Waals surface area (Å²) in [5, 5.41) is 4.71. The van der Waals surface area contributed by atoms with Gasteiger partial charge in [-0.3, -0.25) is 0 Å². The van der Waals surface area contributed by atoms with Crippen molar-refractivity contribution in [2.45, 2.75) is 44.7 Å². The molecule has 0 amide bonds. The predicted octanol–water partition coefficient (Wildman–Crippen LogP) is 4.32. The minimum atomic E-state index is 0.155. The zero-order chi connectivity index (χ0) is 18.4. The van der Waals surface area contributed by atoms with Crippen LogP contribution in [0.4, 0.5) is 5.82 Å². The topological polar surface area (TPSA) is 59.8 Å².